The van der Waals surface area contributed by atoms with E-state index in [0.717, 1.165) is 0 Å². The predicted molar refractivity (Wildman–Crippen MR) is 46.2 cm³/mol. The Labute approximate surface area is 80.5 Å². The zero-order valence-corrected chi connectivity index (χ0v) is 7.37. The fourth-order valence-corrected chi connectivity index (χ4v) is 1.42. The van der Waals surface area contributed by atoms with Gasteiger partial charge in [0, 0.05) is 0 Å². The number of rotatable bonds is 3. The number of nitrogens with one attached hydrogen (secondary N) is 1. The van der Waals surface area contributed by atoms with Crippen molar-refractivity contribution < 1.29 is 25.2 Å². The van der Waals surface area contributed by atoms with E-state index < -0.39 is 31.0 Å². The Morgan fingerprint density at radius 1 is 1.36 bits per heavy atom. The first-order valence-corrected chi connectivity index (χ1v) is 4.17. The summed E-state index contributed by atoms with van der Waals surface area (Å²) in [6, 6.07) is -0.784. The average Bonchev–Trinajstić information content (AvgIpc) is 2.19. The number of carbonyl (C=O) groups excluding carboxylic acids is 1. The van der Waals surface area contributed by atoms with Crippen LogP contribution in [0.4, 0.5) is 0 Å². The van der Waals surface area contributed by atoms with Crippen LogP contribution in [-0.2, 0) is 4.79 Å². The number of aliphatic hydroxyl groups excluding tert-OH is 4. The highest BCUT2D eigenvalue weighted by atomic mass is 16.4. The van der Waals surface area contributed by atoms with Crippen LogP contribution in [0.1, 0.15) is 0 Å². The number of hydrogen-bond acceptors (Lipinski definition) is 5. The SMILES string of the molecule is O=CN[C@H]1C=C(CO)[C@@H](O)C(O)[C@H]1O. The molecule has 1 rings (SSSR count). The van der Waals surface area contributed by atoms with Gasteiger partial charge in [-0.25, -0.2) is 0 Å². The third kappa shape index (κ3) is 1.93. The molecule has 5 N–H and O–H groups in total. The maximum atomic E-state index is 10.1. The molecule has 0 aromatic rings. The van der Waals surface area contributed by atoms with Gasteiger partial charge in [0.1, 0.15) is 18.3 Å². The molecule has 0 heterocycles. The third-order valence-corrected chi connectivity index (χ3v) is 2.26. The highest BCUT2D eigenvalue weighted by Gasteiger charge is 2.36. The lowest BCUT2D eigenvalue weighted by Gasteiger charge is -2.33. The van der Waals surface area contributed by atoms with Crippen molar-refractivity contribution in [1.29, 1.82) is 0 Å². The minimum Gasteiger partial charge on any atom is -0.392 e. The lowest BCUT2D eigenvalue weighted by Crippen LogP contribution is -2.53. The van der Waals surface area contributed by atoms with Crippen molar-refractivity contribution in [3.8, 4) is 0 Å². The van der Waals surface area contributed by atoms with Gasteiger partial charge in [-0.15, -0.1) is 0 Å². The first-order chi connectivity index (χ1) is 6.61. The second-order valence-electron chi connectivity index (χ2n) is 3.14. The van der Waals surface area contributed by atoms with E-state index in [1.165, 1.54) is 6.08 Å². The molecule has 6 nitrogen and oxygen atoms in total. The van der Waals surface area contributed by atoms with Gasteiger partial charge >= 0.3 is 0 Å². The van der Waals surface area contributed by atoms with Gasteiger partial charge in [-0.1, -0.05) is 6.08 Å². The van der Waals surface area contributed by atoms with Crippen molar-refractivity contribution >= 4 is 6.41 Å². The quantitative estimate of drug-likeness (QED) is 0.250. The minimum absolute atomic E-state index is 0.183. The molecule has 80 valence electrons. The molecule has 0 aliphatic heterocycles. The summed E-state index contributed by atoms with van der Waals surface area (Å²) in [7, 11) is 0. The number of carbonyl (C=O) groups is 1. The van der Waals surface area contributed by atoms with E-state index in [1.54, 1.807) is 0 Å². The van der Waals surface area contributed by atoms with Crippen molar-refractivity contribution in [1.82, 2.24) is 5.32 Å². The molecule has 0 spiro atoms. The Bertz CT molecular complexity index is 242. The van der Waals surface area contributed by atoms with Gasteiger partial charge in [0.2, 0.25) is 6.41 Å². The Morgan fingerprint density at radius 2 is 2.00 bits per heavy atom. The van der Waals surface area contributed by atoms with E-state index in [-0.39, 0.29) is 5.57 Å². The summed E-state index contributed by atoms with van der Waals surface area (Å²) in [5.41, 5.74) is 0.183. The molecule has 0 bridgehead atoms. The van der Waals surface area contributed by atoms with E-state index in [9.17, 15) is 20.1 Å². The molecule has 0 aromatic heterocycles. The molecule has 4 atom stereocenters. The molecule has 0 saturated carbocycles. The maximum absolute atomic E-state index is 10.1. The largest absolute Gasteiger partial charge is 0.392 e. The monoisotopic (exact) mass is 203 g/mol. The molecule has 1 unspecified atom stereocenters. The number of hydrogen-bond donors (Lipinski definition) is 5. The highest BCUT2D eigenvalue weighted by molar-refractivity contribution is 5.48. The molecule has 6 heteroatoms. The highest BCUT2D eigenvalue weighted by Crippen LogP contribution is 2.19. The summed E-state index contributed by atoms with van der Waals surface area (Å²) in [5, 5.41) is 39.1. The van der Waals surface area contributed by atoms with Crippen LogP contribution < -0.4 is 5.32 Å². The van der Waals surface area contributed by atoms with Crippen LogP contribution in [0.15, 0.2) is 11.6 Å². The fourth-order valence-electron chi connectivity index (χ4n) is 1.42. The van der Waals surface area contributed by atoms with Crippen LogP contribution >= 0.6 is 0 Å². The van der Waals surface area contributed by atoms with E-state index in [0.29, 0.717) is 6.41 Å². The zero-order valence-electron chi connectivity index (χ0n) is 7.37. The summed E-state index contributed by atoms with van der Waals surface area (Å²) in [5.74, 6) is 0. The zero-order chi connectivity index (χ0) is 10.7. The van der Waals surface area contributed by atoms with Crippen LogP contribution in [0.2, 0.25) is 0 Å². The molecule has 0 aromatic carbocycles. The van der Waals surface area contributed by atoms with Crippen LogP contribution in [0.5, 0.6) is 0 Å². The summed E-state index contributed by atoms with van der Waals surface area (Å²) in [4.78, 5) is 10.1. The average molecular weight is 203 g/mol. The molecular weight excluding hydrogens is 190 g/mol. The van der Waals surface area contributed by atoms with E-state index in [1.807, 2.05) is 0 Å². The van der Waals surface area contributed by atoms with E-state index >= 15 is 0 Å². The topological polar surface area (TPSA) is 110 Å². The summed E-state index contributed by atoms with van der Waals surface area (Å²) in [6.45, 7) is -0.429. The molecule has 1 amide bonds. The molecule has 1 aliphatic rings. The standard InChI is InChI=1S/C8H13NO5/c10-2-4-1-5(9-3-11)7(13)8(14)6(4)12/h1,3,5-8,10,12-14H,2H2,(H,9,11)/t5-,6+,7-,8?/m0/s1. The van der Waals surface area contributed by atoms with Gasteiger partial charge in [0.25, 0.3) is 0 Å². The van der Waals surface area contributed by atoms with Crippen molar-refractivity contribution in [2.45, 2.75) is 24.4 Å². The number of aliphatic hydroxyl groups is 4. The van der Waals surface area contributed by atoms with Crippen molar-refractivity contribution in [2.24, 2.45) is 0 Å². The minimum atomic E-state index is -1.40. The number of amides is 1. The molecule has 0 fully saturated rings. The van der Waals surface area contributed by atoms with Crippen LogP contribution in [0, 0.1) is 0 Å². The predicted octanol–water partition coefficient (Wildman–Crippen LogP) is -2.88. The van der Waals surface area contributed by atoms with Crippen LogP contribution in [0.3, 0.4) is 0 Å². The van der Waals surface area contributed by atoms with Crippen molar-refractivity contribution in [3.05, 3.63) is 11.6 Å². The van der Waals surface area contributed by atoms with Crippen molar-refractivity contribution in [2.75, 3.05) is 6.61 Å². The molecule has 14 heavy (non-hydrogen) atoms. The molecule has 0 saturated heterocycles. The van der Waals surface area contributed by atoms with E-state index in [4.69, 9.17) is 5.11 Å². The Kier molecular flexibility index (Phi) is 3.59. The second kappa shape index (κ2) is 4.52. The molecule has 0 radical (unpaired) electrons. The Hall–Kier alpha value is -0.950. The Morgan fingerprint density at radius 3 is 2.50 bits per heavy atom. The summed E-state index contributed by atoms with van der Waals surface area (Å²) < 4.78 is 0. The second-order valence-corrected chi connectivity index (χ2v) is 3.14. The lowest BCUT2D eigenvalue weighted by atomic mass is 9.88. The fraction of sp³-hybridized carbons (Fsp3) is 0.625. The van der Waals surface area contributed by atoms with Gasteiger partial charge in [-0.3, -0.25) is 4.79 Å². The smallest absolute Gasteiger partial charge is 0.207 e. The third-order valence-electron chi connectivity index (χ3n) is 2.26. The van der Waals surface area contributed by atoms with E-state index in [2.05, 4.69) is 5.32 Å². The summed E-state index contributed by atoms with van der Waals surface area (Å²) >= 11 is 0. The van der Waals surface area contributed by atoms with Gasteiger partial charge in [0.15, 0.2) is 0 Å². The van der Waals surface area contributed by atoms with Gasteiger partial charge < -0.3 is 25.7 Å². The lowest BCUT2D eigenvalue weighted by molar-refractivity contribution is -0.112. The van der Waals surface area contributed by atoms with Gasteiger partial charge in [0.05, 0.1) is 12.6 Å². The van der Waals surface area contributed by atoms with Gasteiger partial charge in [-0.05, 0) is 5.57 Å². The van der Waals surface area contributed by atoms with Crippen LogP contribution in [0.25, 0.3) is 0 Å². The molecular formula is C8H13NO5. The van der Waals surface area contributed by atoms with Gasteiger partial charge in [-0.2, -0.15) is 0 Å². The van der Waals surface area contributed by atoms with Crippen molar-refractivity contribution in [3.63, 3.8) is 0 Å². The maximum Gasteiger partial charge on any atom is 0.207 e. The first-order valence-electron chi connectivity index (χ1n) is 4.17. The summed E-state index contributed by atoms with van der Waals surface area (Å²) in [6.07, 6.45) is -2.26. The first kappa shape index (κ1) is 11.1. The Balaban J connectivity index is 2.86. The molecule has 1 aliphatic carbocycles. The van der Waals surface area contributed by atoms with Crippen LogP contribution in [-0.4, -0.2) is 57.8 Å². The normalized spacial score (nSPS) is 37.6.